The predicted octanol–water partition coefficient (Wildman–Crippen LogP) is 1.07. The molecule has 1 aromatic rings. The molecule has 0 bridgehead atoms. The third-order valence-corrected chi connectivity index (χ3v) is 2.58. The Morgan fingerprint density at radius 2 is 1.41 bits per heavy atom. The molecule has 22 heavy (non-hydrogen) atoms. The lowest BCUT2D eigenvalue weighted by Gasteiger charge is -2.11. The number of hydrogen-bond donors (Lipinski definition) is 3. The van der Waals surface area contributed by atoms with Crippen molar-refractivity contribution in [1.29, 1.82) is 0 Å². The molecule has 0 radical (unpaired) electrons. The van der Waals surface area contributed by atoms with E-state index in [0.717, 1.165) is 0 Å². The first-order valence-corrected chi connectivity index (χ1v) is 5.92. The lowest BCUT2D eigenvalue weighted by Crippen LogP contribution is -2.38. The molecule has 1 unspecified atom stereocenters. The molecule has 0 saturated heterocycles. The summed E-state index contributed by atoms with van der Waals surface area (Å²) in [7, 11) is 0. The number of benzene rings is 1. The van der Waals surface area contributed by atoms with E-state index in [2.05, 4.69) is 0 Å². The summed E-state index contributed by atoms with van der Waals surface area (Å²) in [5, 5.41) is 12.0. The Morgan fingerprint density at radius 1 is 0.955 bits per heavy atom. The van der Waals surface area contributed by atoms with Crippen LogP contribution < -0.4 is 10.6 Å². The van der Waals surface area contributed by atoms with E-state index in [9.17, 15) is 31.5 Å². The van der Waals surface area contributed by atoms with Gasteiger partial charge in [-0.25, -0.2) is 22.0 Å². The van der Waals surface area contributed by atoms with Crippen LogP contribution >= 0.6 is 0 Å². The molecule has 0 heterocycles. The summed E-state index contributed by atoms with van der Waals surface area (Å²) in [5.74, 6) is -14.8. The SMILES string of the molecule is CC(CO)CNC(=O)C(=O)Nc1c(F)c(F)c(F)c(F)c1F. The molecular formula is C12H11F5N2O3. The zero-order valence-electron chi connectivity index (χ0n) is 11.1. The maximum absolute atomic E-state index is 13.3. The first-order chi connectivity index (χ1) is 10.2. The van der Waals surface area contributed by atoms with Crippen LogP contribution in [0.25, 0.3) is 0 Å². The topological polar surface area (TPSA) is 78.4 Å². The fourth-order valence-electron chi connectivity index (χ4n) is 1.30. The summed E-state index contributed by atoms with van der Waals surface area (Å²) in [4.78, 5) is 22.7. The predicted molar refractivity (Wildman–Crippen MR) is 64.1 cm³/mol. The summed E-state index contributed by atoms with van der Waals surface area (Å²) in [5.41, 5.74) is -1.62. The van der Waals surface area contributed by atoms with Gasteiger partial charge in [-0.05, 0) is 5.92 Å². The number of halogens is 5. The van der Waals surface area contributed by atoms with Crippen LogP contribution in [0, 0.1) is 35.0 Å². The molecule has 122 valence electrons. The minimum absolute atomic E-state index is 0.125. The lowest BCUT2D eigenvalue weighted by molar-refractivity contribution is -0.136. The molecule has 0 aliphatic rings. The van der Waals surface area contributed by atoms with Crippen LogP contribution in [-0.4, -0.2) is 30.1 Å². The number of aliphatic hydroxyl groups excluding tert-OH is 1. The van der Waals surface area contributed by atoms with Crippen LogP contribution in [0.1, 0.15) is 6.92 Å². The highest BCUT2D eigenvalue weighted by Crippen LogP contribution is 2.26. The van der Waals surface area contributed by atoms with Crippen LogP contribution in [0.4, 0.5) is 27.6 Å². The van der Waals surface area contributed by atoms with Crippen molar-refractivity contribution < 1.29 is 36.6 Å². The van der Waals surface area contributed by atoms with Gasteiger partial charge in [0, 0.05) is 13.2 Å². The molecule has 1 rings (SSSR count). The van der Waals surface area contributed by atoms with Crippen molar-refractivity contribution in [1.82, 2.24) is 5.32 Å². The average Bonchev–Trinajstić information content (AvgIpc) is 2.52. The molecule has 1 atom stereocenters. The second kappa shape index (κ2) is 7.16. The summed E-state index contributed by atoms with van der Waals surface area (Å²) in [6.45, 7) is 1.11. The van der Waals surface area contributed by atoms with Gasteiger partial charge in [-0.1, -0.05) is 6.92 Å². The number of aliphatic hydroxyl groups is 1. The van der Waals surface area contributed by atoms with Gasteiger partial charge in [0.15, 0.2) is 23.3 Å². The number of anilines is 1. The van der Waals surface area contributed by atoms with Gasteiger partial charge < -0.3 is 15.7 Å². The van der Waals surface area contributed by atoms with E-state index < -0.39 is 52.5 Å². The van der Waals surface area contributed by atoms with E-state index in [-0.39, 0.29) is 13.2 Å². The number of rotatable bonds is 4. The Bertz CT molecular complexity index is 580. The van der Waals surface area contributed by atoms with Gasteiger partial charge in [0.25, 0.3) is 0 Å². The molecular weight excluding hydrogens is 315 g/mol. The Hall–Kier alpha value is -2.23. The van der Waals surface area contributed by atoms with Crippen molar-refractivity contribution in [3.05, 3.63) is 29.1 Å². The van der Waals surface area contributed by atoms with Gasteiger partial charge in [-0.2, -0.15) is 0 Å². The smallest absolute Gasteiger partial charge is 0.313 e. The van der Waals surface area contributed by atoms with Crippen molar-refractivity contribution in [3.63, 3.8) is 0 Å². The molecule has 0 aromatic heterocycles. The summed E-state index contributed by atoms with van der Waals surface area (Å²) in [6.07, 6.45) is 0. The van der Waals surface area contributed by atoms with Crippen molar-refractivity contribution in [2.24, 2.45) is 5.92 Å². The number of carbonyl (C=O) groups is 2. The molecule has 3 N–H and O–H groups in total. The van der Waals surface area contributed by atoms with Crippen molar-refractivity contribution in [2.75, 3.05) is 18.5 Å². The summed E-state index contributed by atoms with van der Waals surface area (Å²) >= 11 is 0. The van der Waals surface area contributed by atoms with Gasteiger partial charge in [0.1, 0.15) is 5.69 Å². The van der Waals surface area contributed by atoms with E-state index in [1.807, 2.05) is 5.32 Å². The van der Waals surface area contributed by atoms with Gasteiger partial charge in [-0.3, -0.25) is 9.59 Å². The highest BCUT2D eigenvalue weighted by atomic mass is 19.2. The van der Waals surface area contributed by atoms with Crippen molar-refractivity contribution in [2.45, 2.75) is 6.92 Å². The molecule has 0 fully saturated rings. The molecule has 0 saturated carbocycles. The normalized spacial score (nSPS) is 12.0. The number of amides is 2. The number of hydrogen-bond acceptors (Lipinski definition) is 3. The lowest BCUT2D eigenvalue weighted by atomic mass is 10.2. The quantitative estimate of drug-likeness (QED) is 0.335. The largest absolute Gasteiger partial charge is 0.396 e. The first kappa shape index (κ1) is 17.8. The minimum atomic E-state index is -2.38. The van der Waals surface area contributed by atoms with Crippen LogP contribution in [0.3, 0.4) is 0 Å². The highest BCUT2D eigenvalue weighted by Gasteiger charge is 2.28. The number of nitrogens with one attached hydrogen (secondary N) is 2. The van der Waals surface area contributed by atoms with Crippen LogP contribution in [-0.2, 0) is 9.59 Å². The highest BCUT2D eigenvalue weighted by molar-refractivity contribution is 6.39. The van der Waals surface area contributed by atoms with E-state index in [4.69, 9.17) is 5.11 Å². The first-order valence-electron chi connectivity index (χ1n) is 5.92. The fourth-order valence-corrected chi connectivity index (χ4v) is 1.30. The number of carbonyl (C=O) groups excluding carboxylic acids is 2. The molecule has 10 heteroatoms. The Kier molecular flexibility index (Phi) is 5.80. The standard InChI is InChI=1S/C12H11F5N2O3/c1-4(3-20)2-18-11(21)12(22)19-10-8(16)6(14)5(13)7(15)9(10)17/h4,20H,2-3H2,1H3,(H,18,21)(H,19,22). The van der Waals surface area contributed by atoms with E-state index in [1.54, 1.807) is 0 Å². The van der Waals surface area contributed by atoms with Crippen LogP contribution in [0.5, 0.6) is 0 Å². The van der Waals surface area contributed by atoms with E-state index >= 15 is 0 Å². The molecule has 0 aliphatic heterocycles. The van der Waals surface area contributed by atoms with Crippen LogP contribution in [0.15, 0.2) is 0 Å². The van der Waals surface area contributed by atoms with E-state index in [0.29, 0.717) is 0 Å². The molecule has 1 aromatic carbocycles. The van der Waals surface area contributed by atoms with Crippen LogP contribution in [0.2, 0.25) is 0 Å². The second-order valence-electron chi connectivity index (χ2n) is 4.40. The maximum Gasteiger partial charge on any atom is 0.313 e. The third-order valence-electron chi connectivity index (χ3n) is 2.58. The minimum Gasteiger partial charge on any atom is -0.396 e. The summed E-state index contributed by atoms with van der Waals surface area (Å²) < 4.78 is 65.2. The monoisotopic (exact) mass is 326 g/mol. The fraction of sp³-hybridized carbons (Fsp3) is 0.333. The van der Waals surface area contributed by atoms with Crippen molar-refractivity contribution in [3.8, 4) is 0 Å². The Morgan fingerprint density at radius 3 is 1.86 bits per heavy atom. The zero-order valence-corrected chi connectivity index (χ0v) is 11.1. The van der Waals surface area contributed by atoms with E-state index in [1.165, 1.54) is 12.2 Å². The van der Waals surface area contributed by atoms with Gasteiger partial charge in [-0.15, -0.1) is 0 Å². The summed E-state index contributed by atoms with van der Waals surface area (Å²) in [6, 6.07) is 0. The second-order valence-corrected chi connectivity index (χ2v) is 4.40. The average molecular weight is 326 g/mol. The van der Waals surface area contributed by atoms with Gasteiger partial charge in [0.2, 0.25) is 5.82 Å². The van der Waals surface area contributed by atoms with Gasteiger partial charge >= 0.3 is 11.8 Å². The molecule has 5 nitrogen and oxygen atoms in total. The zero-order chi connectivity index (χ0) is 17.0. The molecule has 0 spiro atoms. The van der Waals surface area contributed by atoms with Crippen molar-refractivity contribution >= 4 is 17.5 Å². The molecule has 2 amide bonds. The molecule has 0 aliphatic carbocycles. The Labute approximate surface area is 121 Å². The Balaban J connectivity index is 2.92. The maximum atomic E-state index is 13.3. The third kappa shape index (κ3) is 3.70. The van der Waals surface area contributed by atoms with Gasteiger partial charge in [0.05, 0.1) is 0 Å².